The number of methoxy groups -OCH3 is 1. The average Bonchev–Trinajstić information content (AvgIpc) is 2.64. The molecule has 1 saturated carbocycles. The molecule has 1 unspecified atom stereocenters. The van der Waals surface area contributed by atoms with Crippen molar-refractivity contribution in [2.24, 2.45) is 0 Å². The van der Waals surface area contributed by atoms with Gasteiger partial charge in [-0.25, -0.2) is 0 Å². The maximum atomic E-state index is 10.6. The molecule has 0 amide bonds. The Labute approximate surface area is 112 Å². The number of aliphatic hydroxyl groups excluding tert-OH is 1. The zero-order valence-electron chi connectivity index (χ0n) is 10.1. The van der Waals surface area contributed by atoms with E-state index in [9.17, 15) is 5.11 Å². The Morgan fingerprint density at radius 2 is 1.94 bits per heavy atom. The molecule has 1 N–H and O–H groups in total. The number of hydrogen-bond donors (Lipinski definition) is 1. The molecule has 0 aromatic carbocycles. The largest absolute Gasteiger partial charge is 0.385 e. The fraction of sp³-hybridized carbons (Fsp3) is 0.692. The van der Waals surface area contributed by atoms with Crippen molar-refractivity contribution in [2.45, 2.75) is 50.2 Å². The zero-order chi connectivity index (χ0) is 12.3. The normalized spacial score (nSPS) is 22.1. The van der Waals surface area contributed by atoms with Gasteiger partial charge in [0, 0.05) is 12.0 Å². The molecule has 2 rings (SSSR count). The van der Waals surface area contributed by atoms with Gasteiger partial charge in [0.2, 0.25) is 0 Å². The summed E-state index contributed by atoms with van der Waals surface area (Å²) in [5.41, 5.74) is -0.412. The summed E-state index contributed by atoms with van der Waals surface area (Å²) in [7, 11) is 1.71. The van der Waals surface area contributed by atoms with Crippen molar-refractivity contribution in [1.29, 1.82) is 0 Å². The summed E-state index contributed by atoms with van der Waals surface area (Å²) in [5, 5.41) is 10.6. The van der Waals surface area contributed by atoms with Crippen LogP contribution in [0.5, 0.6) is 0 Å². The van der Waals surface area contributed by atoms with Crippen LogP contribution >= 0.6 is 22.9 Å². The van der Waals surface area contributed by atoms with E-state index in [0.717, 1.165) is 34.9 Å². The first kappa shape index (κ1) is 13.3. The van der Waals surface area contributed by atoms with Gasteiger partial charge in [-0.3, -0.25) is 0 Å². The highest BCUT2D eigenvalue weighted by molar-refractivity contribution is 7.16. The fourth-order valence-corrected chi connectivity index (χ4v) is 3.80. The molecule has 1 atom stereocenters. The first-order valence-corrected chi connectivity index (χ1v) is 7.36. The van der Waals surface area contributed by atoms with Crippen LogP contribution < -0.4 is 0 Å². The van der Waals surface area contributed by atoms with Gasteiger partial charge in [0.05, 0.1) is 9.94 Å². The second kappa shape index (κ2) is 5.70. The van der Waals surface area contributed by atoms with Crippen molar-refractivity contribution in [3.8, 4) is 0 Å². The number of aliphatic hydroxyl groups is 1. The highest BCUT2D eigenvalue weighted by Crippen LogP contribution is 2.42. The lowest BCUT2D eigenvalue weighted by Crippen LogP contribution is -2.37. The van der Waals surface area contributed by atoms with Crippen LogP contribution in [0.2, 0.25) is 4.34 Å². The van der Waals surface area contributed by atoms with Crippen molar-refractivity contribution in [1.82, 2.24) is 0 Å². The molecule has 1 aliphatic carbocycles. The molecular formula is C13H19ClO2S. The Balaban J connectivity index is 2.21. The topological polar surface area (TPSA) is 29.5 Å². The summed E-state index contributed by atoms with van der Waals surface area (Å²) in [6.45, 7) is 0. The first-order chi connectivity index (χ1) is 8.18. The minimum Gasteiger partial charge on any atom is -0.385 e. The molecule has 1 heterocycles. The molecule has 17 heavy (non-hydrogen) atoms. The maximum Gasteiger partial charge on any atom is 0.117 e. The second-order valence-corrected chi connectivity index (χ2v) is 6.47. The van der Waals surface area contributed by atoms with Crippen LogP contribution in [0.1, 0.15) is 49.5 Å². The van der Waals surface area contributed by atoms with E-state index in [4.69, 9.17) is 16.3 Å². The summed E-state index contributed by atoms with van der Waals surface area (Å²) >= 11 is 7.38. The SMILES string of the molecule is COC1(C(O)c2ccc(Cl)s2)CCCCCC1. The van der Waals surface area contributed by atoms with Gasteiger partial charge >= 0.3 is 0 Å². The van der Waals surface area contributed by atoms with E-state index in [-0.39, 0.29) is 0 Å². The quantitative estimate of drug-likeness (QED) is 0.838. The van der Waals surface area contributed by atoms with E-state index in [1.165, 1.54) is 24.2 Å². The number of ether oxygens (including phenoxy) is 1. The van der Waals surface area contributed by atoms with Gasteiger partial charge in [-0.15, -0.1) is 11.3 Å². The van der Waals surface area contributed by atoms with Crippen molar-refractivity contribution < 1.29 is 9.84 Å². The maximum absolute atomic E-state index is 10.6. The number of thiophene rings is 1. The highest BCUT2D eigenvalue weighted by Gasteiger charge is 2.39. The monoisotopic (exact) mass is 274 g/mol. The van der Waals surface area contributed by atoms with Crippen LogP contribution in [0.15, 0.2) is 12.1 Å². The van der Waals surface area contributed by atoms with Crippen LogP contribution in [-0.4, -0.2) is 17.8 Å². The van der Waals surface area contributed by atoms with E-state index in [1.54, 1.807) is 7.11 Å². The molecule has 1 aliphatic rings. The summed E-state index contributed by atoms with van der Waals surface area (Å²) in [6.07, 6.45) is 6.04. The summed E-state index contributed by atoms with van der Waals surface area (Å²) < 4.78 is 6.42. The van der Waals surface area contributed by atoms with Crippen LogP contribution in [0.4, 0.5) is 0 Å². The van der Waals surface area contributed by atoms with E-state index in [2.05, 4.69) is 0 Å². The van der Waals surface area contributed by atoms with Crippen molar-refractivity contribution >= 4 is 22.9 Å². The minimum atomic E-state index is -0.553. The zero-order valence-corrected chi connectivity index (χ0v) is 11.7. The third-order valence-corrected chi connectivity index (χ3v) is 5.00. The molecule has 0 radical (unpaired) electrons. The lowest BCUT2D eigenvalue weighted by Gasteiger charge is -2.35. The standard InChI is InChI=1S/C13H19ClO2S/c1-16-13(8-4-2-3-5-9-13)12(15)10-6-7-11(14)17-10/h6-7,12,15H,2-5,8-9H2,1H3. The number of hydrogen-bond acceptors (Lipinski definition) is 3. The summed E-state index contributed by atoms with van der Waals surface area (Å²) in [4.78, 5) is 0.916. The summed E-state index contributed by atoms with van der Waals surface area (Å²) in [6, 6.07) is 3.74. The number of rotatable bonds is 3. The van der Waals surface area contributed by atoms with Crippen LogP contribution in [0.25, 0.3) is 0 Å². The molecule has 4 heteroatoms. The highest BCUT2D eigenvalue weighted by atomic mass is 35.5. The minimum absolute atomic E-state index is 0.412. The van der Waals surface area contributed by atoms with Gasteiger partial charge in [0.25, 0.3) is 0 Å². The second-order valence-electron chi connectivity index (χ2n) is 4.73. The predicted molar refractivity (Wildman–Crippen MR) is 71.7 cm³/mol. The van der Waals surface area contributed by atoms with Crippen molar-refractivity contribution in [2.75, 3.05) is 7.11 Å². The first-order valence-electron chi connectivity index (χ1n) is 6.16. The van der Waals surface area contributed by atoms with Crippen molar-refractivity contribution in [3.63, 3.8) is 0 Å². The Bertz CT molecular complexity index is 356. The van der Waals surface area contributed by atoms with E-state index < -0.39 is 11.7 Å². The average molecular weight is 275 g/mol. The molecule has 0 aliphatic heterocycles. The van der Waals surface area contributed by atoms with E-state index >= 15 is 0 Å². The van der Waals surface area contributed by atoms with Crippen molar-refractivity contribution in [3.05, 3.63) is 21.3 Å². The molecule has 0 saturated heterocycles. The van der Waals surface area contributed by atoms with Gasteiger partial charge in [-0.05, 0) is 25.0 Å². The molecule has 1 aromatic rings. The molecule has 96 valence electrons. The fourth-order valence-electron chi connectivity index (χ4n) is 2.65. The van der Waals surface area contributed by atoms with Gasteiger partial charge in [-0.1, -0.05) is 37.3 Å². The third-order valence-electron chi connectivity index (χ3n) is 3.72. The molecular weight excluding hydrogens is 256 g/mol. The van der Waals surface area contributed by atoms with Crippen LogP contribution in [0.3, 0.4) is 0 Å². The third kappa shape index (κ3) is 2.84. The lowest BCUT2D eigenvalue weighted by molar-refractivity contribution is -0.112. The summed E-state index contributed by atoms with van der Waals surface area (Å²) in [5.74, 6) is 0. The van der Waals surface area contributed by atoms with Crippen LogP contribution in [0, 0.1) is 0 Å². The smallest absolute Gasteiger partial charge is 0.117 e. The number of halogens is 1. The predicted octanol–water partition coefficient (Wildman–Crippen LogP) is 4.17. The molecule has 2 nitrogen and oxygen atoms in total. The van der Waals surface area contributed by atoms with E-state index in [1.807, 2.05) is 12.1 Å². The van der Waals surface area contributed by atoms with Gasteiger partial charge < -0.3 is 9.84 Å². The Morgan fingerprint density at radius 1 is 1.29 bits per heavy atom. The molecule has 0 spiro atoms. The van der Waals surface area contributed by atoms with E-state index in [0.29, 0.717) is 0 Å². The Kier molecular flexibility index (Phi) is 4.47. The Morgan fingerprint density at radius 3 is 2.41 bits per heavy atom. The molecule has 1 aromatic heterocycles. The van der Waals surface area contributed by atoms with Crippen LogP contribution in [-0.2, 0) is 4.74 Å². The van der Waals surface area contributed by atoms with Gasteiger partial charge in [-0.2, -0.15) is 0 Å². The van der Waals surface area contributed by atoms with Gasteiger partial charge in [0.1, 0.15) is 6.10 Å². The Hall–Kier alpha value is -0.0900. The molecule has 1 fully saturated rings. The van der Waals surface area contributed by atoms with Gasteiger partial charge in [0.15, 0.2) is 0 Å². The lowest BCUT2D eigenvalue weighted by atomic mass is 9.87. The molecule has 0 bridgehead atoms.